The Kier molecular flexibility index (Phi) is 6.28. The summed E-state index contributed by atoms with van der Waals surface area (Å²) in [6.07, 6.45) is 1.57. The molecule has 184 valence electrons. The number of para-hydroxylation sites is 1. The molecule has 1 aromatic heterocycles. The molecule has 0 bridgehead atoms. The van der Waals surface area contributed by atoms with Gasteiger partial charge in [0.1, 0.15) is 12.2 Å². The second-order valence-electron chi connectivity index (χ2n) is 10.2. The highest BCUT2D eigenvalue weighted by molar-refractivity contribution is 7.70. The monoisotopic (exact) mass is 510 g/mol. The van der Waals surface area contributed by atoms with Crippen LogP contribution in [0.15, 0.2) is 48.7 Å². The first kappa shape index (κ1) is 24.1. The Hall–Kier alpha value is -2.60. The van der Waals surface area contributed by atoms with E-state index in [2.05, 4.69) is 62.4 Å². The molecule has 7 nitrogen and oxygen atoms in total. The topological polar surface area (TPSA) is 73.4 Å². The highest BCUT2D eigenvalue weighted by Gasteiger charge is 2.51. The van der Waals surface area contributed by atoms with Gasteiger partial charge >= 0.3 is 0 Å². The lowest BCUT2D eigenvalue weighted by Crippen LogP contribution is -2.72. The van der Waals surface area contributed by atoms with Gasteiger partial charge < -0.3 is 25.0 Å². The third kappa shape index (κ3) is 4.90. The summed E-state index contributed by atoms with van der Waals surface area (Å²) in [5.74, 6) is 0.903. The van der Waals surface area contributed by atoms with Gasteiger partial charge in [0.2, 0.25) is 5.95 Å². The number of hydrogen-bond donors (Lipinski definition) is 2. The first-order valence-corrected chi connectivity index (χ1v) is 14.9. The van der Waals surface area contributed by atoms with Crippen LogP contribution in [-0.4, -0.2) is 60.9 Å². The van der Waals surface area contributed by atoms with Crippen LogP contribution in [0.5, 0.6) is 0 Å². The second kappa shape index (κ2) is 9.12. The summed E-state index contributed by atoms with van der Waals surface area (Å²) < 4.78 is 12.7. The average molecular weight is 511 g/mol. The Bertz CT molecular complexity index is 1290. The van der Waals surface area contributed by atoms with Crippen LogP contribution in [0.3, 0.4) is 0 Å². The van der Waals surface area contributed by atoms with Crippen molar-refractivity contribution < 1.29 is 4.57 Å². The number of nitrogens with one attached hydrogen (secondary N) is 2. The van der Waals surface area contributed by atoms with E-state index in [1.165, 1.54) is 24.3 Å². The van der Waals surface area contributed by atoms with E-state index in [0.29, 0.717) is 22.2 Å². The third-order valence-electron chi connectivity index (χ3n) is 6.89. The predicted molar refractivity (Wildman–Crippen MR) is 147 cm³/mol. The molecule has 2 saturated heterocycles. The van der Waals surface area contributed by atoms with E-state index in [9.17, 15) is 4.57 Å². The largest absolute Gasteiger partial charge is 0.370 e. The highest BCUT2D eigenvalue weighted by Crippen LogP contribution is 2.43. The normalized spacial score (nSPS) is 17.1. The number of aromatic nitrogens is 2. The average Bonchev–Trinajstić information content (AvgIpc) is 2.75. The first-order chi connectivity index (χ1) is 16.7. The van der Waals surface area contributed by atoms with E-state index < -0.39 is 7.14 Å². The van der Waals surface area contributed by atoms with E-state index in [4.69, 9.17) is 11.6 Å². The number of likely N-dealkylation sites (tertiary alicyclic amines) is 1. The van der Waals surface area contributed by atoms with E-state index in [-0.39, 0.29) is 0 Å². The fourth-order valence-corrected chi connectivity index (χ4v) is 6.46. The summed E-state index contributed by atoms with van der Waals surface area (Å²) in [5.41, 5.74) is 4.66. The van der Waals surface area contributed by atoms with Crippen LogP contribution in [0.25, 0.3) is 0 Å². The quantitative estimate of drug-likeness (QED) is 0.417. The van der Waals surface area contributed by atoms with Crippen molar-refractivity contribution in [2.45, 2.75) is 13.8 Å². The molecule has 3 heterocycles. The number of aryl methyl sites for hydroxylation is 1. The van der Waals surface area contributed by atoms with E-state index >= 15 is 0 Å². The molecule has 35 heavy (non-hydrogen) atoms. The number of hydrogen-bond acceptors (Lipinski definition) is 7. The molecule has 1 spiro atoms. The van der Waals surface area contributed by atoms with E-state index in [1.807, 2.05) is 24.3 Å². The van der Waals surface area contributed by atoms with E-state index in [1.54, 1.807) is 19.5 Å². The molecule has 2 aliphatic rings. The molecule has 2 fully saturated rings. The van der Waals surface area contributed by atoms with Crippen LogP contribution >= 0.6 is 18.7 Å². The highest BCUT2D eigenvalue weighted by atomic mass is 35.5. The van der Waals surface area contributed by atoms with Gasteiger partial charge in [-0.25, -0.2) is 4.98 Å². The molecule has 9 heteroatoms. The number of halogens is 1. The maximum atomic E-state index is 12.7. The van der Waals surface area contributed by atoms with Gasteiger partial charge in [0, 0.05) is 48.3 Å². The summed E-state index contributed by atoms with van der Waals surface area (Å²) >= 11 is 6.38. The molecule has 0 amide bonds. The molecule has 2 N–H and O–H groups in total. The van der Waals surface area contributed by atoms with Crippen molar-refractivity contribution in [1.29, 1.82) is 0 Å². The molecule has 0 radical (unpaired) electrons. The Morgan fingerprint density at radius 2 is 1.83 bits per heavy atom. The van der Waals surface area contributed by atoms with Gasteiger partial charge in [-0.2, -0.15) is 4.98 Å². The number of anilines is 5. The molecular weight excluding hydrogens is 479 g/mol. The summed E-state index contributed by atoms with van der Waals surface area (Å²) in [5, 5.41) is 7.69. The van der Waals surface area contributed by atoms with Gasteiger partial charge in [0.05, 0.1) is 11.9 Å². The lowest BCUT2D eigenvalue weighted by molar-refractivity contribution is -0.0178. The van der Waals surface area contributed by atoms with Crippen molar-refractivity contribution in [3.05, 3.63) is 59.2 Å². The third-order valence-corrected chi connectivity index (χ3v) is 8.72. The van der Waals surface area contributed by atoms with Crippen molar-refractivity contribution in [3.8, 4) is 0 Å². The second-order valence-corrected chi connectivity index (χ2v) is 13.8. The summed E-state index contributed by atoms with van der Waals surface area (Å²) in [6, 6.07) is 13.9. The van der Waals surface area contributed by atoms with Gasteiger partial charge in [0.25, 0.3) is 0 Å². The van der Waals surface area contributed by atoms with Crippen molar-refractivity contribution in [2.75, 3.05) is 61.6 Å². The maximum absolute atomic E-state index is 12.7. The number of nitrogens with zero attached hydrogens (tertiary/aromatic N) is 4. The molecule has 3 aromatic rings. The van der Waals surface area contributed by atoms with Gasteiger partial charge in [-0.15, -0.1) is 0 Å². The number of rotatable bonds is 7. The molecular formula is C26H32ClN6OP. The van der Waals surface area contributed by atoms with Crippen molar-refractivity contribution in [2.24, 2.45) is 5.41 Å². The van der Waals surface area contributed by atoms with Crippen LogP contribution in [0.2, 0.25) is 5.02 Å². The zero-order valence-corrected chi connectivity index (χ0v) is 22.3. The Labute approximate surface area is 212 Å². The molecule has 2 aromatic carbocycles. The molecule has 0 atom stereocenters. The van der Waals surface area contributed by atoms with Crippen molar-refractivity contribution in [3.63, 3.8) is 0 Å². The zero-order valence-electron chi connectivity index (χ0n) is 20.7. The van der Waals surface area contributed by atoms with Crippen LogP contribution in [0.1, 0.15) is 12.5 Å². The first-order valence-electron chi connectivity index (χ1n) is 11.9. The van der Waals surface area contributed by atoms with Crippen LogP contribution < -0.4 is 20.8 Å². The standard InChI is InChI=1S/C26H32ClN6OP/c1-5-32-14-26(15-32)16-33(17-26)22-11-10-19(12-18(22)2)29-25-28-13-20(27)24(31-25)30-21-8-6-7-9-23(21)35(3,4)34/h6-13H,5,14-17H2,1-4H3,(H2,28,29,30,31). The molecule has 0 saturated carbocycles. The summed E-state index contributed by atoms with van der Waals surface area (Å²) in [7, 11) is -2.47. The maximum Gasteiger partial charge on any atom is 0.229 e. The molecule has 2 aliphatic heterocycles. The van der Waals surface area contributed by atoms with Crippen LogP contribution in [0.4, 0.5) is 28.8 Å². The fourth-order valence-electron chi connectivity index (χ4n) is 5.17. The molecule has 0 aliphatic carbocycles. The van der Waals surface area contributed by atoms with Crippen LogP contribution in [-0.2, 0) is 4.57 Å². The minimum atomic E-state index is -2.47. The van der Waals surface area contributed by atoms with Gasteiger partial charge in [-0.05, 0) is 62.7 Å². The smallest absolute Gasteiger partial charge is 0.229 e. The van der Waals surface area contributed by atoms with Crippen molar-refractivity contribution >= 4 is 52.9 Å². The minimum Gasteiger partial charge on any atom is -0.370 e. The van der Waals surface area contributed by atoms with Gasteiger partial charge in [0.15, 0.2) is 5.82 Å². The lowest BCUT2D eigenvalue weighted by atomic mass is 9.72. The van der Waals surface area contributed by atoms with Crippen molar-refractivity contribution in [1.82, 2.24) is 14.9 Å². The fraction of sp³-hybridized carbons (Fsp3) is 0.385. The number of benzene rings is 2. The van der Waals surface area contributed by atoms with Gasteiger partial charge in [-0.3, -0.25) is 0 Å². The lowest BCUT2D eigenvalue weighted by Gasteiger charge is -2.61. The van der Waals surface area contributed by atoms with Gasteiger partial charge in [-0.1, -0.05) is 30.7 Å². The Balaban J connectivity index is 1.29. The minimum absolute atomic E-state index is 0.392. The Morgan fingerprint density at radius 1 is 1.09 bits per heavy atom. The predicted octanol–water partition coefficient (Wildman–Crippen LogP) is 5.32. The summed E-state index contributed by atoms with van der Waals surface area (Å²) in [4.78, 5) is 13.9. The molecule has 5 rings (SSSR count). The SMILES string of the molecule is CCN1CC2(C1)CN(c1ccc(Nc3ncc(Cl)c(Nc4ccccc4P(C)(C)=O)n3)cc1C)C2. The zero-order chi connectivity index (χ0) is 24.8. The van der Waals surface area contributed by atoms with E-state index in [0.717, 1.165) is 36.3 Å². The summed E-state index contributed by atoms with van der Waals surface area (Å²) in [6.45, 7) is 13.7. The van der Waals surface area contributed by atoms with Crippen LogP contribution in [0, 0.1) is 12.3 Å². The molecule has 0 unspecified atom stereocenters. The Morgan fingerprint density at radius 3 is 2.51 bits per heavy atom.